The van der Waals surface area contributed by atoms with Crippen LogP contribution in [0.15, 0.2) is 11.4 Å². The van der Waals surface area contributed by atoms with Crippen LogP contribution in [0.3, 0.4) is 0 Å². The Kier molecular flexibility index (Phi) is 3.52. The van der Waals surface area contributed by atoms with Crippen molar-refractivity contribution in [2.75, 3.05) is 13.7 Å². The molecule has 0 spiro atoms. The van der Waals surface area contributed by atoms with Gasteiger partial charge in [-0.15, -0.1) is 11.3 Å². The Morgan fingerprint density at radius 1 is 1.60 bits per heavy atom. The fourth-order valence-corrected chi connectivity index (χ4v) is 2.03. The van der Waals surface area contributed by atoms with Crippen molar-refractivity contribution < 1.29 is 9.90 Å². The molecule has 0 aliphatic heterocycles. The van der Waals surface area contributed by atoms with Gasteiger partial charge in [0.25, 0.3) is 5.91 Å². The smallest absolute Gasteiger partial charge is 0.264 e. The number of thiophene rings is 1. The summed E-state index contributed by atoms with van der Waals surface area (Å²) in [4.78, 5) is 14.4. The fourth-order valence-electron chi connectivity index (χ4n) is 1.13. The van der Waals surface area contributed by atoms with Crippen LogP contribution in [0, 0.1) is 6.92 Å². The zero-order valence-electron chi connectivity index (χ0n) is 9.57. The molecule has 0 bridgehead atoms. The highest BCUT2D eigenvalue weighted by atomic mass is 32.1. The van der Waals surface area contributed by atoms with Gasteiger partial charge in [0, 0.05) is 7.05 Å². The van der Waals surface area contributed by atoms with Gasteiger partial charge in [-0.1, -0.05) is 0 Å². The van der Waals surface area contributed by atoms with Crippen LogP contribution in [0.25, 0.3) is 0 Å². The highest BCUT2D eigenvalue weighted by molar-refractivity contribution is 7.12. The molecule has 1 N–H and O–H groups in total. The van der Waals surface area contributed by atoms with Crippen molar-refractivity contribution in [3.63, 3.8) is 0 Å². The number of carbonyl (C=O) groups excluding carboxylic acids is 1. The van der Waals surface area contributed by atoms with Crippen LogP contribution in [0.1, 0.15) is 29.1 Å². The molecule has 1 amide bonds. The Bertz CT molecular complexity index is 357. The van der Waals surface area contributed by atoms with E-state index in [0.717, 1.165) is 10.4 Å². The van der Waals surface area contributed by atoms with Crippen molar-refractivity contribution in [1.82, 2.24) is 4.90 Å². The summed E-state index contributed by atoms with van der Waals surface area (Å²) >= 11 is 1.44. The van der Waals surface area contributed by atoms with E-state index in [1.165, 1.54) is 11.3 Å². The first-order chi connectivity index (χ1) is 6.90. The normalized spacial score (nSPS) is 11.5. The summed E-state index contributed by atoms with van der Waals surface area (Å²) in [5.41, 5.74) is 0.471. The Morgan fingerprint density at radius 3 is 2.60 bits per heavy atom. The molecule has 1 heterocycles. The summed E-state index contributed by atoms with van der Waals surface area (Å²) in [6.07, 6.45) is 0. The monoisotopic (exact) mass is 227 g/mol. The molecule has 15 heavy (non-hydrogen) atoms. The van der Waals surface area contributed by atoms with Gasteiger partial charge in [0.1, 0.15) is 0 Å². The third-order valence-corrected chi connectivity index (χ3v) is 3.66. The van der Waals surface area contributed by atoms with Gasteiger partial charge in [-0.3, -0.25) is 4.79 Å². The van der Waals surface area contributed by atoms with E-state index in [1.54, 1.807) is 11.9 Å². The van der Waals surface area contributed by atoms with Crippen LogP contribution in [-0.2, 0) is 0 Å². The summed E-state index contributed by atoms with van der Waals surface area (Å²) in [5, 5.41) is 11.1. The molecule has 3 nitrogen and oxygen atoms in total. The first-order valence-corrected chi connectivity index (χ1v) is 5.71. The standard InChI is InChI=1S/C11H17NO2S/c1-8-5-6-15-9(8)10(14)12(4)11(2,3)7-13/h5-6,13H,7H2,1-4H3. The van der Waals surface area contributed by atoms with Crippen molar-refractivity contribution in [3.8, 4) is 0 Å². The summed E-state index contributed by atoms with van der Waals surface area (Å²) in [7, 11) is 1.72. The van der Waals surface area contributed by atoms with Crippen LogP contribution in [-0.4, -0.2) is 35.1 Å². The molecular weight excluding hydrogens is 210 g/mol. The predicted octanol–water partition coefficient (Wildman–Crippen LogP) is 1.90. The number of amides is 1. The second-order valence-electron chi connectivity index (χ2n) is 4.27. The number of hydrogen-bond donors (Lipinski definition) is 1. The predicted molar refractivity (Wildman–Crippen MR) is 62.3 cm³/mol. The van der Waals surface area contributed by atoms with E-state index in [-0.39, 0.29) is 12.5 Å². The first kappa shape index (κ1) is 12.2. The van der Waals surface area contributed by atoms with Crippen LogP contribution < -0.4 is 0 Å². The molecule has 0 aliphatic rings. The second kappa shape index (κ2) is 4.33. The molecule has 1 aromatic rings. The van der Waals surface area contributed by atoms with Crippen molar-refractivity contribution in [3.05, 3.63) is 21.9 Å². The van der Waals surface area contributed by atoms with E-state index in [1.807, 2.05) is 32.2 Å². The van der Waals surface area contributed by atoms with E-state index in [4.69, 9.17) is 0 Å². The molecular formula is C11H17NO2S. The Hall–Kier alpha value is -0.870. The van der Waals surface area contributed by atoms with E-state index in [0.29, 0.717) is 0 Å². The summed E-state index contributed by atoms with van der Waals surface area (Å²) in [6, 6.07) is 1.93. The highest BCUT2D eigenvalue weighted by Gasteiger charge is 2.28. The van der Waals surface area contributed by atoms with E-state index in [2.05, 4.69) is 0 Å². The first-order valence-electron chi connectivity index (χ1n) is 4.83. The lowest BCUT2D eigenvalue weighted by Crippen LogP contribution is -2.47. The molecule has 0 saturated heterocycles. The molecule has 0 atom stereocenters. The van der Waals surface area contributed by atoms with Crippen LogP contribution >= 0.6 is 11.3 Å². The number of likely N-dealkylation sites (N-methyl/N-ethyl adjacent to an activating group) is 1. The summed E-state index contributed by atoms with van der Waals surface area (Å²) < 4.78 is 0. The minimum Gasteiger partial charge on any atom is -0.394 e. The number of rotatable bonds is 3. The molecule has 1 rings (SSSR count). The number of aliphatic hydroxyl groups is 1. The number of hydrogen-bond acceptors (Lipinski definition) is 3. The topological polar surface area (TPSA) is 40.5 Å². The lowest BCUT2D eigenvalue weighted by molar-refractivity contribution is 0.0477. The molecule has 0 fully saturated rings. The summed E-state index contributed by atoms with van der Waals surface area (Å²) in [5.74, 6) is -0.0263. The number of aliphatic hydroxyl groups excluding tert-OH is 1. The molecule has 0 unspecified atom stereocenters. The van der Waals surface area contributed by atoms with Gasteiger partial charge in [-0.05, 0) is 37.8 Å². The third-order valence-electron chi connectivity index (χ3n) is 2.66. The van der Waals surface area contributed by atoms with Crippen molar-refractivity contribution >= 4 is 17.2 Å². The third kappa shape index (κ3) is 2.38. The second-order valence-corrected chi connectivity index (χ2v) is 5.18. The van der Waals surface area contributed by atoms with Crippen LogP contribution in [0.5, 0.6) is 0 Å². The SMILES string of the molecule is Cc1ccsc1C(=O)N(C)C(C)(C)CO. The lowest BCUT2D eigenvalue weighted by Gasteiger charge is -2.33. The zero-order chi connectivity index (χ0) is 11.6. The molecule has 0 saturated carbocycles. The van der Waals surface area contributed by atoms with Gasteiger partial charge in [0.05, 0.1) is 17.0 Å². The maximum atomic E-state index is 12.1. The molecule has 84 valence electrons. The van der Waals surface area contributed by atoms with Gasteiger partial charge in [-0.25, -0.2) is 0 Å². The molecule has 1 aromatic heterocycles. The van der Waals surface area contributed by atoms with Gasteiger partial charge in [0.2, 0.25) is 0 Å². The fraction of sp³-hybridized carbons (Fsp3) is 0.545. The average molecular weight is 227 g/mol. The quantitative estimate of drug-likeness (QED) is 0.856. The average Bonchev–Trinajstić information content (AvgIpc) is 2.62. The number of carbonyl (C=O) groups is 1. The maximum Gasteiger partial charge on any atom is 0.264 e. The maximum absolute atomic E-state index is 12.1. The van der Waals surface area contributed by atoms with E-state index in [9.17, 15) is 9.90 Å². The Balaban J connectivity index is 2.92. The van der Waals surface area contributed by atoms with Gasteiger partial charge in [-0.2, -0.15) is 0 Å². The lowest BCUT2D eigenvalue weighted by atomic mass is 10.0. The Labute approximate surface area is 94.3 Å². The number of aryl methyl sites for hydroxylation is 1. The summed E-state index contributed by atoms with van der Waals surface area (Å²) in [6.45, 7) is 5.56. The van der Waals surface area contributed by atoms with E-state index >= 15 is 0 Å². The minimum absolute atomic E-state index is 0.0263. The van der Waals surface area contributed by atoms with Gasteiger partial charge >= 0.3 is 0 Å². The number of nitrogens with zero attached hydrogens (tertiary/aromatic N) is 1. The highest BCUT2D eigenvalue weighted by Crippen LogP contribution is 2.21. The molecule has 0 aromatic carbocycles. The molecule has 0 radical (unpaired) electrons. The zero-order valence-corrected chi connectivity index (χ0v) is 10.4. The van der Waals surface area contributed by atoms with Gasteiger partial charge < -0.3 is 10.0 Å². The van der Waals surface area contributed by atoms with Crippen molar-refractivity contribution in [2.24, 2.45) is 0 Å². The van der Waals surface area contributed by atoms with Crippen molar-refractivity contribution in [1.29, 1.82) is 0 Å². The van der Waals surface area contributed by atoms with Gasteiger partial charge in [0.15, 0.2) is 0 Å². The minimum atomic E-state index is -0.520. The Morgan fingerprint density at radius 2 is 2.20 bits per heavy atom. The largest absolute Gasteiger partial charge is 0.394 e. The van der Waals surface area contributed by atoms with Crippen LogP contribution in [0.4, 0.5) is 0 Å². The molecule has 4 heteroatoms. The van der Waals surface area contributed by atoms with Crippen molar-refractivity contribution in [2.45, 2.75) is 26.3 Å². The van der Waals surface area contributed by atoms with Crippen LogP contribution in [0.2, 0.25) is 0 Å². The molecule has 0 aliphatic carbocycles. The van der Waals surface area contributed by atoms with E-state index < -0.39 is 5.54 Å².